The van der Waals surface area contributed by atoms with Gasteiger partial charge in [0, 0.05) is 18.1 Å². The summed E-state index contributed by atoms with van der Waals surface area (Å²) in [6.07, 6.45) is 0.906. The van der Waals surface area contributed by atoms with Crippen LogP contribution in [0.15, 0.2) is 24.3 Å². The van der Waals surface area contributed by atoms with E-state index in [4.69, 9.17) is 11.6 Å². The standard InChI is InChI=1S/C15H22ClN3O2/c1-3-8-17-14(20)10-19(2)11-15(21)18-9-12-6-4-5-7-13(12)16/h4-7H,3,8-11H2,1-2H3,(H,17,20)(H,18,21)/p+1. The lowest BCUT2D eigenvalue weighted by molar-refractivity contribution is -0.862. The molecule has 0 aliphatic rings. The maximum absolute atomic E-state index is 11.8. The first-order valence-corrected chi connectivity index (χ1v) is 7.48. The van der Waals surface area contributed by atoms with Gasteiger partial charge in [-0.3, -0.25) is 9.59 Å². The van der Waals surface area contributed by atoms with Crippen LogP contribution in [-0.4, -0.2) is 38.5 Å². The highest BCUT2D eigenvalue weighted by atomic mass is 35.5. The summed E-state index contributed by atoms with van der Waals surface area (Å²) >= 11 is 6.02. The lowest BCUT2D eigenvalue weighted by Crippen LogP contribution is -3.11. The molecule has 1 aromatic rings. The van der Waals surface area contributed by atoms with Crippen LogP contribution in [0.25, 0.3) is 0 Å². The normalized spacial score (nSPS) is 11.8. The van der Waals surface area contributed by atoms with Crippen LogP contribution in [0.2, 0.25) is 5.02 Å². The van der Waals surface area contributed by atoms with Crippen LogP contribution in [0.4, 0.5) is 0 Å². The Labute approximate surface area is 130 Å². The third kappa shape index (κ3) is 7.11. The molecule has 5 nitrogen and oxygen atoms in total. The van der Waals surface area contributed by atoms with Gasteiger partial charge in [0.05, 0.1) is 7.05 Å². The molecule has 1 aromatic carbocycles. The summed E-state index contributed by atoms with van der Waals surface area (Å²) in [6, 6.07) is 7.39. The number of hydrogen-bond donors (Lipinski definition) is 3. The molecule has 0 saturated carbocycles. The fourth-order valence-corrected chi connectivity index (χ4v) is 2.04. The number of rotatable bonds is 8. The predicted molar refractivity (Wildman–Crippen MR) is 83.2 cm³/mol. The van der Waals surface area contributed by atoms with Crippen LogP contribution in [0.3, 0.4) is 0 Å². The van der Waals surface area contributed by atoms with E-state index < -0.39 is 0 Å². The van der Waals surface area contributed by atoms with E-state index in [2.05, 4.69) is 10.6 Å². The minimum absolute atomic E-state index is 0.0340. The monoisotopic (exact) mass is 312 g/mol. The van der Waals surface area contributed by atoms with Gasteiger partial charge in [-0.2, -0.15) is 0 Å². The molecule has 6 heteroatoms. The second kappa shape index (κ2) is 9.37. The first kappa shape index (κ1) is 17.5. The molecule has 0 aliphatic carbocycles. The summed E-state index contributed by atoms with van der Waals surface area (Å²) in [5.74, 6) is -0.135. The molecule has 1 unspecified atom stereocenters. The molecule has 0 fully saturated rings. The second-order valence-electron chi connectivity index (χ2n) is 5.03. The number of carbonyl (C=O) groups is 2. The molecule has 0 saturated heterocycles. The lowest BCUT2D eigenvalue weighted by atomic mass is 10.2. The molecule has 1 rings (SSSR count). The average molecular weight is 313 g/mol. The van der Waals surface area contributed by atoms with E-state index in [1.165, 1.54) is 0 Å². The number of benzene rings is 1. The van der Waals surface area contributed by atoms with Crippen LogP contribution in [-0.2, 0) is 16.1 Å². The molecule has 1 atom stereocenters. The number of carbonyl (C=O) groups excluding carboxylic acids is 2. The minimum Gasteiger partial charge on any atom is -0.351 e. The van der Waals surface area contributed by atoms with E-state index in [0.29, 0.717) is 24.7 Å². The van der Waals surface area contributed by atoms with Crippen molar-refractivity contribution in [3.05, 3.63) is 34.9 Å². The molecule has 3 N–H and O–H groups in total. The number of quaternary nitrogens is 1. The summed E-state index contributed by atoms with van der Waals surface area (Å²) < 4.78 is 0. The van der Waals surface area contributed by atoms with Crippen LogP contribution in [0.5, 0.6) is 0 Å². The van der Waals surface area contributed by atoms with Crippen molar-refractivity contribution in [1.82, 2.24) is 10.6 Å². The molecule has 0 spiro atoms. The summed E-state index contributed by atoms with van der Waals surface area (Å²) in [5.41, 5.74) is 0.880. The molecule has 0 radical (unpaired) electrons. The van der Waals surface area contributed by atoms with E-state index in [1.807, 2.05) is 32.2 Å². The minimum atomic E-state index is -0.101. The molecule has 116 valence electrons. The van der Waals surface area contributed by atoms with Gasteiger partial charge >= 0.3 is 0 Å². The largest absolute Gasteiger partial charge is 0.351 e. The second-order valence-corrected chi connectivity index (χ2v) is 5.44. The van der Waals surface area contributed by atoms with Gasteiger partial charge in [-0.05, 0) is 18.1 Å². The van der Waals surface area contributed by atoms with Crippen molar-refractivity contribution in [3.63, 3.8) is 0 Å². The van der Waals surface area contributed by atoms with Crippen LogP contribution in [0.1, 0.15) is 18.9 Å². The molecular formula is C15H23ClN3O2+. The Balaban J connectivity index is 2.30. The quantitative estimate of drug-likeness (QED) is 0.632. The van der Waals surface area contributed by atoms with E-state index in [1.54, 1.807) is 6.07 Å². The van der Waals surface area contributed by atoms with Crippen molar-refractivity contribution < 1.29 is 14.5 Å². The van der Waals surface area contributed by atoms with Crippen molar-refractivity contribution in [2.75, 3.05) is 26.7 Å². The zero-order valence-electron chi connectivity index (χ0n) is 12.5. The molecule has 21 heavy (non-hydrogen) atoms. The molecule has 0 aromatic heterocycles. The Morgan fingerprint density at radius 3 is 2.38 bits per heavy atom. The number of likely N-dealkylation sites (N-methyl/N-ethyl adjacent to an activating group) is 1. The zero-order valence-corrected chi connectivity index (χ0v) is 13.3. The van der Waals surface area contributed by atoms with Gasteiger partial charge in [-0.25, -0.2) is 0 Å². The number of hydrogen-bond acceptors (Lipinski definition) is 2. The van der Waals surface area contributed by atoms with Crippen molar-refractivity contribution in [2.45, 2.75) is 19.9 Å². The Hall–Kier alpha value is -1.59. The summed E-state index contributed by atoms with van der Waals surface area (Å²) in [4.78, 5) is 24.2. The van der Waals surface area contributed by atoms with Gasteiger partial charge in [-0.15, -0.1) is 0 Å². The van der Waals surface area contributed by atoms with Gasteiger partial charge in [0.25, 0.3) is 11.8 Å². The van der Waals surface area contributed by atoms with Crippen LogP contribution in [0, 0.1) is 0 Å². The van der Waals surface area contributed by atoms with Crippen molar-refractivity contribution in [2.24, 2.45) is 0 Å². The Morgan fingerprint density at radius 2 is 1.76 bits per heavy atom. The highest BCUT2D eigenvalue weighted by Crippen LogP contribution is 2.13. The van der Waals surface area contributed by atoms with E-state index in [-0.39, 0.29) is 18.4 Å². The Kier molecular flexibility index (Phi) is 7.79. The third-order valence-electron chi connectivity index (χ3n) is 2.93. The molecule has 2 amide bonds. The SMILES string of the molecule is CCCNC(=O)C[NH+](C)CC(=O)NCc1ccccc1Cl. The summed E-state index contributed by atoms with van der Waals surface area (Å²) in [6.45, 7) is 3.61. The molecular weight excluding hydrogens is 290 g/mol. The van der Waals surface area contributed by atoms with E-state index in [9.17, 15) is 9.59 Å². The van der Waals surface area contributed by atoms with Gasteiger partial charge in [0.2, 0.25) is 0 Å². The first-order valence-electron chi connectivity index (χ1n) is 7.11. The molecule has 0 bridgehead atoms. The van der Waals surface area contributed by atoms with Gasteiger partial charge in [-0.1, -0.05) is 36.7 Å². The highest BCUT2D eigenvalue weighted by Gasteiger charge is 2.13. The van der Waals surface area contributed by atoms with Crippen molar-refractivity contribution in [3.8, 4) is 0 Å². The smallest absolute Gasteiger partial charge is 0.275 e. The highest BCUT2D eigenvalue weighted by molar-refractivity contribution is 6.31. The van der Waals surface area contributed by atoms with E-state index in [0.717, 1.165) is 16.9 Å². The Bertz CT molecular complexity index is 480. The topological polar surface area (TPSA) is 62.6 Å². The maximum atomic E-state index is 11.8. The molecule has 0 aliphatic heterocycles. The predicted octanol–water partition coefficient (Wildman–Crippen LogP) is -0.00290. The van der Waals surface area contributed by atoms with Gasteiger partial charge in [0.1, 0.15) is 0 Å². The van der Waals surface area contributed by atoms with Gasteiger partial charge in [0.15, 0.2) is 13.1 Å². The van der Waals surface area contributed by atoms with E-state index >= 15 is 0 Å². The first-order chi connectivity index (χ1) is 10.0. The fraction of sp³-hybridized carbons (Fsp3) is 0.467. The van der Waals surface area contributed by atoms with Gasteiger partial charge < -0.3 is 15.5 Å². The third-order valence-corrected chi connectivity index (χ3v) is 3.30. The number of halogens is 1. The number of nitrogens with one attached hydrogen (secondary N) is 3. The molecule has 0 heterocycles. The lowest BCUT2D eigenvalue weighted by Gasteiger charge is -2.13. The zero-order chi connectivity index (χ0) is 15.7. The van der Waals surface area contributed by atoms with Crippen molar-refractivity contribution >= 4 is 23.4 Å². The summed E-state index contributed by atoms with van der Waals surface area (Å²) in [5, 5.41) is 6.24. The maximum Gasteiger partial charge on any atom is 0.275 e. The fourth-order valence-electron chi connectivity index (χ4n) is 1.84. The van der Waals surface area contributed by atoms with Crippen LogP contribution >= 0.6 is 11.6 Å². The number of amides is 2. The summed E-state index contributed by atoms with van der Waals surface area (Å²) in [7, 11) is 1.82. The Morgan fingerprint density at radius 1 is 1.14 bits per heavy atom. The van der Waals surface area contributed by atoms with Crippen LogP contribution < -0.4 is 15.5 Å². The van der Waals surface area contributed by atoms with Crippen molar-refractivity contribution in [1.29, 1.82) is 0 Å². The average Bonchev–Trinajstić information content (AvgIpc) is 2.44.